The van der Waals surface area contributed by atoms with Crippen LogP contribution in [0, 0.1) is 11.3 Å². The highest BCUT2D eigenvalue weighted by atomic mass is 32.2. The second kappa shape index (κ2) is 4.95. The predicted molar refractivity (Wildman–Crippen MR) is 66.3 cm³/mol. The molecule has 2 heterocycles. The van der Waals surface area contributed by atoms with Gasteiger partial charge in [0.1, 0.15) is 5.54 Å². The molecular formula is C12H20N2O2S. The smallest absolute Gasteiger partial charge is 0.153 e. The van der Waals surface area contributed by atoms with Crippen molar-refractivity contribution in [1.82, 2.24) is 4.90 Å². The van der Waals surface area contributed by atoms with Crippen molar-refractivity contribution in [2.75, 3.05) is 24.6 Å². The molecule has 0 saturated carbocycles. The molecule has 0 spiro atoms. The maximum absolute atomic E-state index is 11.8. The quantitative estimate of drug-likeness (QED) is 0.710. The molecule has 0 N–H and O–H groups in total. The molecule has 2 saturated heterocycles. The summed E-state index contributed by atoms with van der Waals surface area (Å²) < 4.78 is 23.6. The van der Waals surface area contributed by atoms with Gasteiger partial charge in [-0.3, -0.25) is 4.90 Å². The van der Waals surface area contributed by atoms with Gasteiger partial charge in [-0.15, -0.1) is 0 Å². The average molecular weight is 256 g/mol. The van der Waals surface area contributed by atoms with E-state index in [1.807, 2.05) is 0 Å². The van der Waals surface area contributed by atoms with Crippen molar-refractivity contribution in [2.45, 2.75) is 44.1 Å². The Labute approximate surface area is 104 Å². The van der Waals surface area contributed by atoms with E-state index in [4.69, 9.17) is 0 Å². The van der Waals surface area contributed by atoms with E-state index in [-0.39, 0.29) is 11.5 Å². The van der Waals surface area contributed by atoms with Crippen LogP contribution >= 0.6 is 0 Å². The summed E-state index contributed by atoms with van der Waals surface area (Å²) in [5.41, 5.74) is -0.735. The molecule has 17 heavy (non-hydrogen) atoms. The number of hydrogen-bond donors (Lipinski definition) is 0. The maximum Gasteiger partial charge on any atom is 0.153 e. The Morgan fingerprint density at radius 3 is 2.24 bits per heavy atom. The van der Waals surface area contributed by atoms with E-state index >= 15 is 0 Å². The fourth-order valence-corrected chi connectivity index (χ4v) is 4.85. The molecule has 4 nitrogen and oxygen atoms in total. The monoisotopic (exact) mass is 256 g/mol. The summed E-state index contributed by atoms with van der Waals surface area (Å²) in [5.74, 6) is 0.292. The van der Waals surface area contributed by atoms with Gasteiger partial charge in [0.05, 0.1) is 17.6 Å². The summed E-state index contributed by atoms with van der Waals surface area (Å²) in [6.07, 6.45) is 5.91. The fourth-order valence-electron chi connectivity index (χ4n) is 3.00. The van der Waals surface area contributed by atoms with Crippen molar-refractivity contribution in [3.8, 4) is 6.07 Å². The summed E-state index contributed by atoms with van der Waals surface area (Å²) in [7, 11) is -3.03. The lowest BCUT2D eigenvalue weighted by molar-refractivity contribution is 0.146. The van der Waals surface area contributed by atoms with E-state index in [1.54, 1.807) is 0 Å². The number of likely N-dealkylation sites (tertiary alicyclic amines) is 1. The maximum atomic E-state index is 11.8. The van der Waals surface area contributed by atoms with Crippen molar-refractivity contribution in [2.24, 2.45) is 0 Å². The highest BCUT2D eigenvalue weighted by molar-refractivity contribution is 7.91. The summed E-state index contributed by atoms with van der Waals surface area (Å²) in [4.78, 5) is 2.14. The van der Waals surface area contributed by atoms with Gasteiger partial charge >= 0.3 is 0 Å². The van der Waals surface area contributed by atoms with Crippen molar-refractivity contribution in [3.63, 3.8) is 0 Å². The Balaban J connectivity index is 2.21. The number of nitrogens with zero attached hydrogens (tertiary/aromatic N) is 2. The molecule has 0 aliphatic carbocycles. The van der Waals surface area contributed by atoms with Crippen LogP contribution in [0.5, 0.6) is 0 Å². The Bertz CT molecular complexity index is 405. The van der Waals surface area contributed by atoms with Crippen LogP contribution in [0.1, 0.15) is 38.5 Å². The van der Waals surface area contributed by atoms with Gasteiger partial charge in [0.15, 0.2) is 9.84 Å². The van der Waals surface area contributed by atoms with Crippen LogP contribution in [-0.4, -0.2) is 43.5 Å². The summed E-state index contributed by atoms with van der Waals surface area (Å²) in [6.45, 7) is 1.76. The summed E-state index contributed by atoms with van der Waals surface area (Å²) >= 11 is 0. The first-order chi connectivity index (χ1) is 8.08. The van der Waals surface area contributed by atoms with Gasteiger partial charge in [0.25, 0.3) is 0 Å². The molecule has 1 unspecified atom stereocenters. The Morgan fingerprint density at radius 1 is 1.06 bits per heavy atom. The van der Waals surface area contributed by atoms with Gasteiger partial charge in [-0.2, -0.15) is 5.26 Å². The van der Waals surface area contributed by atoms with Gasteiger partial charge < -0.3 is 0 Å². The minimum Gasteiger partial charge on any atom is -0.285 e. The van der Waals surface area contributed by atoms with Gasteiger partial charge in [0, 0.05) is 0 Å². The van der Waals surface area contributed by atoms with Crippen molar-refractivity contribution in [3.05, 3.63) is 0 Å². The zero-order valence-corrected chi connectivity index (χ0v) is 11.0. The van der Waals surface area contributed by atoms with Crippen molar-refractivity contribution in [1.29, 1.82) is 5.26 Å². The molecule has 0 aromatic carbocycles. The second-order valence-electron chi connectivity index (χ2n) is 5.24. The van der Waals surface area contributed by atoms with Gasteiger partial charge in [-0.25, -0.2) is 8.42 Å². The SMILES string of the molecule is N#CC1(N2CCCCCC2)CCCS(=O)(=O)C1. The molecule has 1 atom stereocenters. The molecule has 96 valence electrons. The van der Waals surface area contributed by atoms with Crippen LogP contribution in [-0.2, 0) is 9.84 Å². The lowest BCUT2D eigenvalue weighted by Gasteiger charge is -2.40. The summed E-state index contributed by atoms with van der Waals surface area (Å²) in [6, 6.07) is 2.32. The van der Waals surface area contributed by atoms with Crippen LogP contribution in [0.3, 0.4) is 0 Å². The highest BCUT2D eigenvalue weighted by Gasteiger charge is 2.43. The van der Waals surface area contributed by atoms with E-state index in [1.165, 1.54) is 12.8 Å². The largest absolute Gasteiger partial charge is 0.285 e. The summed E-state index contributed by atoms with van der Waals surface area (Å²) in [5, 5.41) is 9.46. The molecule has 0 aromatic rings. The van der Waals surface area contributed by atoms with Crippen LogP contribution in [0.2, 0.25) is 0 Å². The lowest BCUT2D eigenvalue weighted by atomic mass is 9.94. The van der Waals surface area contributed by atoms with Crippen LogP contribution in [0.15, 0.2) is 0 Å². The number of hydrogen-bond acceptors (Lipinski definition) is 4. The molecule has 0 bridgehead atoms. The Kier molecular flexibility index (Phi) is 3.74. The normalized spacial score (nSPS) is 34.8. The van der Waals surface area contributed by atoms with E-state index < -0.39 is 15.4 Å². The number of rotatable bonds is 1. The lowest BCUT2D eigenvalue weighted by Crippen LogP contribution is -2.55. The van der Waals surface area contributed by atoms with E-state index in [0.717, 1.165) is 25.9 Å². The standard InChI is InChI=1S/C12H20N2O2S/c13-10-12(6-5-9-17(15,16)11-12)14-7-3-1-2-4-8-14/h1-9,11H2. The van der Waals surface area contributed by atoms with E-state index in [2.05, 4.69) is 11.0 Å². The molecule has 2 aliphatic rings. The molecule has 5 heteroatoms. The first-order valence-electron chi connectivity index (χ1n) is 6.45. The molecule has 2 fully saturated rings. The topological polar surface area (TPSA) is 61.2 Å². The Hall–Kier alpha value is -0.600. The Morgan fingerprint density at radius 2 is 1.71 bits per heavy atom. The fraction of sp³-hybridized carbons (Fsp3) is 0.917. The highest BCUT2D eigenvalue weighted by Crippen LogP contribution is 2.30. The van der Waals surface area contributed by atoms with Gasteiger partial charge in [0.2, 0.25) is 0 Å². The van der Waals surface area contributed by atoms with E-state index in [9.17, 15) is 13.7 Å². The minimum absolute atomic E-state index is 0.0382. The predicted octanol–water partition coefficient (Wildman–Crippen LogP) is 1.33. The number of sulfone groups is 1. The first-order valence-corrected chi connectivity index (χ1v) is 8.27. The minimum atomic E-state index is -3.03. The zero-order chi connectivity index (χ0) is 12.4. The van der Waals surface area contributed by atoms with Gasteiger partial charge in [-0.1, -0.05) is 12.8 Å². The molecule has 0 amide bonds. The van der Waals surface area contributed by atoms with Crippen LogP contribution in [0.4, 0.5) is 0 Å². The average Bonchev–Trinajstić information content (AvgIpc) is 2.56. The molecule has 2 aliphatic heterocycles. The van der Waals surface area contributed by atoms with Crippen molar-refractivity contribution < 1.29 is 8.42 Å². The second-order valence-corrected chi connectivity index (χ2v) is 7.42. The molecule has 0 radical (unpaired) electrons. The third-order valence-corrected chi connectivity index (χ3v) is 5.75. The van der Waals surface area contributed by atoms with Crippen molar-refractivity contribution >= 4 is 9.84 Å². The first kappa shape index (κ1) is 12.8. The van der Waals surface area contributed by atoms with Crippen LogP contribution in [0.25, 0.3) is 0 Å². The number of nitriles is 1. The molecule has 2 rings (SSSR count). The zero-order valence-electron chi connectivity index (χ0n) is 10.2. The molecule has 0 aromatic heterocycles. The van der Waals surface area contributed by atoms with Gasteiger partial charge in [-0.05, 0) is 38.8 Å². The van der Waals surface area contributed by atoms with Crippen LogP contribution < -0.4 is 0 Å². The van der Waals surface area contributed by atoms with E-state index in [0.29, 0.717) is 12.8 Å². The third kappa shape index (κ3) is 2.80. The molecular weight excluding hydrogens is 236 g/mol. The third-order valence-electron chi connectivity index (χ3n) is 3.92.